The third-order valence-electron chi connectivity index (χ3n) is 6.12. The lowest BCUT2D eigenvalue weighted by Gasteiger charge is -2.24. The first-order valence-corrected chi connectivity index (χ1v) is 13.0. The number of benzene rings is 1. The molecule has 0 N–H and O–H groups in total. The maximum absolute atomic E-state index is 12.5. The number of amides is 1. The van der Waals surface area contributed by atoms with E-state index in [4.69, 9.17) is 4.74 Å². The molecule has 1 aromatic carbocycles. The summed E-state index contributed by atoms with van der Waals surface area (Å²) < 4.78 is 29.6. The van der Waals surface area contributed by atoms with Gasteiger partial charge in [-0.3, -0.25) is 4.79 Å². The molecule has 2 saturated heterocycles. The summed E-state index contributed by atoms with van der Waals surface area (Å²) >= 11 is 1.45. The van der Waals surface area contributed by atoms with Gasteiger partial charge in [-0.05, 0) is 30.0 Å². The highest BCUT2D eigenvalue weighted by Gasteiger charge is 2.48. The predicted octanol–water partition coefficient (Wildman–Crippen LogP) is 3.26. The molecule has 0 aromatic heterocycles. The Balaban J connectivity index is 1.50. The average molecular weight is 437 g/mol. The number of carbonyl (C=O) groups excluding carboxylic acids is 1. The number of rotatable bonds is 6. The van der Waals surface area contributed by atoms with Crippen LogP contribution in [-0.4, -0.2) is 54.3 Å². The molecule has 2 aliphatic heterocycles. The van der Waals surface area contributed by atoms with Crippen LogP contribution in [0.25, 0.3) is 0 Å². The third kappa shape index (κ3) is 4.97. The van der Waals surface area contributed by atoms with Crippen LogP contribution < -0.4 is 4.74 Å². The zero-order valence-electron chi connectivity index (χ0n) is 16.7. The van der Waals surface area contributed by atoms with E-state index in [9.17, 15) is 13.2 Å². The first-order chi connectivity index (χ1) is 13.9. The number of fused-ring (bicyclic) bond motifs is 1. The average Bonchev–Trinajstić information content (AvgIpc) is 3.37. The summed E-state index contributed by atoms with van der Waals surface area (Å²) in [6.07, 6.45) is 6.39. The number of ether oxygens (including phenoxy) is 1. The summed E-state index contributed by atoms with van der Waals surface area (Å²) in [5, 5.41) is 0.626. The van der Waals surface area contributed by atoms with E-state index in [1.54, 1.807) is 7.11 Å². The lowest BCUT2D eigenvalue weighted by molar-refractivity contribution is -0.118. The fourth-order valence-corrected chi connectivity index (χ4v) is 8.55. The number of sulfone groups is 1. The number of methoxy groups -OCH3 is 1. The number of carbonyl (C=O) groups is 1. The van der Waals surface area contributed by atoms with Crippen molar-refractivity contribution in [1.82, 2.24) is 4.90 Å². The fourth-order valence-electron chi connectivity index (χ4n) is 4.58. The molecule has 1 saturated carbocycles. The van der Waals surface area contributed by atoms with E-state index in [0.717, 1.165) is 17.7 Å². The van der Waals surface area contributed by atoms with Crippen molar-refractivity contribution in [1.29, 1.82) is 0 Å². The van der Waals surface area contributed by atoms with Crippen molar-refractivity contribution >= 4 is 32.7 Å². The van der Waals surface area contributed by atoms with Crippen molar-refractivity contribution < 1.29 is 17.9 Å². The number of amidine groups is 1. The molecule has 6 nitrogen and oxygen atoms in total. The maximum Gasteiger partial charge on any atom is 0.248 e. The predicted molar refractivity (Wildman–Crippen MR) is 116 cm³/mol. The van der Waals surface area contributed by atoms with Crippen LogP contribution in [0.1, 0.15) is 44.1 Å². The highest BCUT2D eigenvalue weighted by molar-refractivity contribution is 8.15. The Hall–Kier alpha value is -1.54. The second-order valence-electron chi connectivity index (χ2n) is 8.26. The van der Waals surface area contributed by atoms with E-state index >= 15 is 0 Å². The molecule has 0 spiro atoms. The quantitative estimate of drug-likeness (QED) is 0.681. The molecule has 3 aliphatic rings. The summed E-state index contributed by atoms with van der Waals surface area (Å²) in [5.74, 6) is 1.62. The van der Waals surface area contributed by atoms with Crippen LogP contribution in [0.5, 0.6) is 5.75 Å². The molecule has 4 rings (SSSR count). The normalized spacial score (nSPS) is 27.5. The van der Waals surface area contributed by atoms with Crippen LogP contribution >= 0.6 is 11.8 Å². The molecule has 1 amide bonds. The van der Waals surface area contributed by atoms with Crippen molar-refractivity contribution in [3.8, 4) is 5.75 Å². The molecule has 158 valence electrons. The minimum Gasteiger partial charge on any atom is -0.497 e. The lowest BCUT2D eigenvalue weighted by atomic mass is 10.0. The van der Waals surface area contributed by atoms with E-state index in [1.807, 2.05) is 29.2 Å². The molecule has 0 bridgehead atoms. The maximum atomic E-state index is 12.5. The Morgan fingerprint density at radius 3 is 2.83 bits per heavy atom. The summed E-state index contributed by atoms with van der Waals surface area (Å²) in [5.41, 5.74) is 1.01. The van der Waals surface area contributed by atoms with Crippen LogP contribution in [0.4, 0.5) is 0 Å². The molecule has 29 heavy (non-hydrogen) atoms. The van der Waals surface area contributed by atoms with Crippen LogP contribution in [-0.2, 0) is 21.2 Å². The van der Waals surface area contributed by atoms with Gasteiger partial charge in [-0.2, -0.15) is 4.99 Å². The van der Waals surface area contributed by atoms with Gasteiger partial charge >= 0.3 is 0 Å². The largest absolute Gasteiger partial charge is 0.497 e. The van der Waals surface area contributed by atoms with Crippen LogP contribution in [0.3, 0.4) is 0 Å². The van der Waals surface area contributed by atoms with Gasteiger partial charge in [0.05, 0.1) is 24.7 Å². The first kappa shape index (κ1) is 20.7. The van der Waals surface area contributed by atoms with Gasteiger partial charge in [0.15, 0.2) is 15.0 Å². The van der Waals surface area contributed by atoms with E-state index in [0.29, 0.717) is 24.1 Å². The van der Waals surface area contributed by atoms with E-state index < -0.39 is 9.84 Å². The molecule has 1 aromatic rings. The van der Waals surface area contributed by atoms with Crippen molar-refractivity contribution in [2.75, 3.05) is 18.6 Å². The molecule has 8 heteroatoms. The molecule has 2 atom stereocenters. The van der Waals surface area contributed by atoms with Gasteiger partial charge in [0.25, 0.3) is 0 Å². The van der Waals surface area contributed by atoms with Crippen molar-refractivity contribution in [3.63, 3.8) is 0 Å². The van der Waals surface area contributed by atoms with Gasteiger partial charge in [0.1, 0.15) is 5.75 Å². The number of nitrogens with zero attached hydrogens (tertiary/aromatic N) is 2. The summed E-state index contributed by atoms with van der Waals surface area (Å²) in [4.78, 5) is 19.0. The summed E-state index contributed by atoms with van der Waals surface area (Å²) in [6.45, 7) is 0.523. The number of aliphatic imine (C=N–C) groups is 1. The standard InChI is InChI=1S/C21H28N2O4S2/c1-27-17-8-4-7-16(11-17)12-23-18-13-29(25,26)14-19(18)28-21(23)22-20(24)10-9-15-5-2-3-6-15/h4,7-8,11,15,18-19H,2-3,5-6,9-10,12-14H2,1H3/t18-,19+/m0/s1. The number of thioether (sulfide) groups is 1. The van der Waals surface area contributed by atoms with Gasteiger partial charge in [-0.25, -0.2) is 8.42 Å². The van der Waals surface area contributed by atoms with E-state index in [1.165, 1.54) is 37.4 Å². The minimum atomic E-state index is -3.04. The Morgan fingerprint density at radius 2 is 2.07 bits per heavy atom. The Labute approximate surface area is 177 Å². The number of hydrogen-bond acceptors (Lipinski definition) is 5. The number of hydrogen-bond donors (Lipinski definition) is 0. The molecular weight excluding hydrogens is 408 g/mol. The van der Waals surface area contributed by atoms with Crippen LogP contribution in [0.2, 0.25) is 0 Å². The smallest absolute Gasteiger partial charge is 0.248 e. The second-order valence-corrected chi connectivity index (χ2v) is 11.6. The molecular formula is C21H28N2O4S2. The minimum absolute atomic E-state index is 0.0491. The van der Waals surface area contributed by atoms with E-state index in [2.05, 4.69) is 4.99 Å². The Bertz CT molecular complexity index is 894. The highest BCUT2D eigenvalue weighted by Crippen LogP contribution is 2.39. The molecule has 1 aliphatic carbocycles. The monoisotopic (exact) mass is 436 g/mol. The van der Waals surface area contributed by atoms with Crippen molar-refractivity contribution in [2.24, 2.45) is 10.9 Å². The van der Waals surface area contributed by atoms with Gasteiger partial charge < -0.3 is 9.64 Å². The molecule has 3 fully saturated rings. The van der Waals surface area contributed by atoms with Crippen LogP contribution in [0, 0.1) is 5.92 Å². The van der Waals surface area contributed by atoms with Gasteiger partial charge in [0, 0.05) is 18.2 Å². The molecule has 0 radical (unpaired) electrons. The fraction of sp³-hybridized carbons (Fsp3) is 0.619. The zero-order valence-corrected chi connectivity index (χ0v) is 18.4. The van der Waals surface area contributed by atoms with Crippen molar-refractivity contribution in [3.05, 3.63) is 29.8 Å². The zero-order chi connectivity index (χ0) is 20.4. The van der Waals surface area contributed by atoms with Crippen molar-refractivity contribution in [2.45, 2.75) is 56.4 Å². The highest BCUT2D eigenvalue weighted by atomic mass is 32.2. The summed E-state index contributed by atoms with van der Waals surface area (Å²) in [7, 11) is -1.42. The summed E-state index contributed by atoms with van der Waals surface area (Å²) in [6, 6.07) is 7.61. The third-order valence-corrected chi connectivity index (χ3v) is 9.37. The Kier molecular flexibility index (Phi) is 6.20. The van der Waals surface area contributed by atoms with Gasteiger partial charge in [0.2, 0.25) is 5.91 Å². The lowest BCUT2D eigenvalue weighted by Crippen LogP contribution is -2.37. The molecule has 0 unspecified atom stereocenters. The van der Waals surface area contributed by atoms with E-state index in [-0.39, 0.29) is 28.7 Å². The SMILES string of the molecule is COc1cccc(CN2C(=NC(=O)CCC3CCCC3)S[C@@H]3CS(=O)(=O)C[C@@H]32)c1. The van der Waals surface area contributed by atoms with Gasteiger partial charge in [-0.1, -0.05) is 49.6 Å². The van der Waals surface area contributed by atoms with Crippen LogP contribution in [0.15, 0.2) is 29.3 Å². The molecule has 2 heterocycles. The first-order valence-electron chi connectivity index (χ1n) is 10.3. The second kappa shape index (κ2) is 8.68. The Morgan fingerprint density at radius 1 is 1.28 bits per heavy atom. The van der Waals surface area contributed by atoms with Gasteiger partial charge in [-0.15, -0.1) is 0 Å². The topological polar surface area (TPSA) is 76.0 Å².